The van der Waals surface area contributed by atoms with Crippen LogP contribution in [-0.2, 0) is 9.53 Å². The molecule has 1 rings (SSSR count). The lowest BCUT2D eigenvalue weighted by Crippen LogP contribution is -2.50. The number of carbonyl (C=O) groups excluding carboxylic acids is 2. The Morgan fingerprint density at radius 2 is 2.25 bits per heavy atom. The van der Waals surface area contributed by atoms with Crippen molar-refractivity contribution >= 4 is 24.0 Å². The highest BCUT2D eigenvalue weighted by molar-refractivity contribution is 6.20. The number of ether oxygens (including phenoxy) is 1. The summed E-state index contributed by atoms with van der Waals surface area (Å²) in [4.78, 5) is 24.2. The molecule has 0 radical (unpaired) electrons. The van der Waals surface area contributed by atoms with Crippen molar-refractivity contribution in [3.63, 3.8) is 0 Å². The number of nitrogens with zero attached hydrogens (tertiary/aromatic N) is 1. The fourth-order valence-electron chi connectivity index (χ4n) is 1.42. The third kappa shape index (κ3) is 2.55. The molecule has 16 heavy (non-hydrogen) atoms. The second-order valence-corrected chi connectivity index (χ2v) is 5.06. The molecule has 0 aromatic carbocycles. The molecule has 0 aromatic rings. The number of rotatable bonds is 2. The molecule has 1 unspecified atom stereocenters. The van der Waals surface area contributed by atoms with Gasteiger partial charge < -0.3 is 9.53 Å². The van der Waals surface area contributed by atoms with Gasteiger partial charge >= 0.3 is 6.09 Å². The normalized spacial score (nSPS) is 24.6. The Morgan fingerprint density at radius 1 is 1.62 bits per heavy atom. The zero-order chi connectivity index (χ0) is 12.4. The number of amides is 1. The van der Waals surface area contributed by atoms with E-state index < -0.39 is 17.2 Å². The van der Waals surface area contributed by atoms with E-state index in [1.54, 1.807) is 33.0 Å². The molecule has 0 fully saturated rings. The van der Waals surface area contributed by atoms with Gasteiger partial charge in [0.2, 0.25) is 0 Å². The maximum Gasteiger partial charge on any atom is 0.415 e. The Kier molecular flexibility index (Phi) is 3.63. The van der Waals surface area contributed by atoms with Gasteiger partial charge in [0.25, 0.3) is 0 Å². The van der Waals surface area contributed by atoms with Gasteiger partial charge in [0.15, 0.2) is 0 Å². The van der Waals surface area contributed by atoms with Crippen molar-refractivity contribution in [1.29, 1.82) is 0 Å². The van der Waals surface area contributed by atoms with Gasteiger partial charge in [-0.3, -0.25) is 4.90 Å². The third-order valence-electron chi connectivity index (χ3n) is 2.25. The molecule has 0 saturated heterocycles. The smallest absolute Gasteiger partial charge is 0.415 e. The monoisotopic (exact) mass is 245 g/mol. The molecule has 90 valence electrons. The van der Waals surface area contributed by atoms with Crippen LogP contribution in [0.1, 0.15) is 27.2 Å². The van der Waals surface area contributed by atoms with Gasteiger partial charge in [0, 0.05) is 6.20 Å². The van der Waals surface area contributed by atoms with Crippen LogP contribution in [0.4, 0.5) is 4.79 Å². The standard InChI is InChI=1S/C11H16ClNO3/c1-10(2,3)16-9(15)13-6-4-5-11(13,7-12)8-14/h4,6,8H,5,7H2,1-3H3. The molecule has 0 spiro atoms. The molecule has 0 bridgehead atoms. The first-order chi connectivity index (χ1) is 7.34. The summed E-state index contributed by atoms with van der Waals surface area (Å²) >= 11 is 5.75. The fourth-order valence-corrected chi connectivity index (χ4v) is 1.72. The van der Waals surface area contributed by atoms with E-state index in [2.05, 4.69) is 0 Å². The molecule has 0 saturated carbocycles. The quantitative estimate of drug-likeness (QED) is 0.554. The van der Waals surface area contributed by atoms with E-state index in [1.165, 1.54) is 4.90 Å². The maximum absolute atomic E-state index is 11.8. The van der Waals surface area contributed by atoms with E-state index in [-0.39, 0.29) is 5.88 Å². The summed E-state index contributed by atoms with van der Waals surface area (Å²) in [5, 5.41) is 0. The van der Waals surface area contributed by atoms with E-state index in [0.29, 0.717) is 12.7 Å². The number of carbonyl (C=O) groups is 2. The van der Waals surface area contributed by atoms with Crippen molar-refractivity contribution in [2.45, 2.75) is 38.3 Å². The molecule has 4 nitrogen and oxygen atoms in total. The van der Waals surface area contributed by atoms with Crippen LogP contribution in [-0.4, -0.2) is 34.3 Å². The molecule has 5 heteroatoms. The molecular weight excluding hydrogens is 230 g/mol. The Morgan fingerprint density at radius 3 is 2.69 bits per heavy atom. The zero-order valence-corrected chi connectivity index (χ0v) is 10.5. The Bertz CT molecular complexity index is 322. The maximum atomic E-state index is 11.8. The van der Waals surface area contributed by atoms with Crippen LogP contribution in [0.3, 0.4) is 0 Å². The van der Waals surface area contributed by atoms with Crippen molar-refractivity contribution < 1.29 is 14.3 Å². The molecule has 1 aliphatic heterocycles. The van der Waals surface area contributed by atoms with Crippen LogP contribution in [0.25, 0.3) is 0 Å². The first-order valence-corrected chi connectivity index (χ1v) is 5.59. The van der Waals surface area contributed by atoms with Gasteiger partial charge in [-0.15, -0.1) is 11.6 Å². The lowest BCUT2D eigenvalue weighted by atomic mass is 10.0. The van der Waals surface area contributed by atoms with Crippen LogP contribution >= 0.6 is 11.6 Å². The topological polar surface area (TPSA) is 46.6 Å². The van der Waals surface area contributed by atoms with Gasteiger partial charge in [0.1, 0.15) is 17.4 Å². The van der Waals surface area contributed by atoms with Crippen LogP contribution in [0, 0.1) is 0 Å². The highest BCUT2D eigenvalue weighted by atomic mass is 35.5. The minimum atomic E-state index is -0.982. The summed E-state index contributed by atoms with van der Waals surface area (Å²) in [6.45, 7) is 5.32. The van der Waals surface area contributed by atoms with Crippen molar-refractivity contribution in [1.82, 2.24) is 4.90 Å². The van der Waals surface area contributed by atoms with E-state index >= 15 is 0 Å². The largest absolute Gasteiger partial charge is 0.443 e. The van der Waals surface area contributed by atoms with E-state index in [0.717, 1.165) is 0 Å². The van der Waals surface area contributed by atoms with Crippen molar-refractivity contribution in [2.75, 3.05) is 5.88 Å². The Labute approximate surface area is 100 Å². The molecule has 0 aromatic heterocycles. The molecule has 1 amide bonds. The summed E-state index contributed by atoms with van der Waals surface area (Å²) in [6.07, 6.45) is 3.86. The van der Waals surface area contributed by atoms with Gasteiger partial charge in [0.05, 0.1) is 5.88 Å². The van der Waals surface area contributed by atoms with Gasteiger partial charge in [-0.05, 0) is 27.2 Å². The minimum Gasteiger partial charge on any atom is -0.443 e. The summed E-state index contributed by atoms with van der Waals surface area (Å²) in [5.41, 5.74) is -1.57. The number of alkyl halides is 1. The molecule has 1 heterocycles. The lowest BCUT2D eigenvalue weighted by molar-refractivity contribution is -0.115. The lowest BCUT2D eigenvalue weighted by Gasteiger charge is -2.32. The average molecular weight is 246 g/mol. The number of hydrogen-bond donors (Lipinski definition) is 0. The van der Waals surface area contributed by atoms with Crippen molar-refractivity contribution in [3.05, 3.63) is 12.3 Å². The SMILES string of the molecule is CC(C)(C)OC(=O)N1C=CCC1(C=O)CCl. The summed E-state index contributed by atoms with van der Waals surface area (Å²) < 4.78 is 5.20. The summed E-state index contributed by atoms with van der Waals surface area (Å²) in [5.74, 6) is 0.0583. The number of aldehydes is 1. The molecule has 1 aliphatic rings. The second kappa shape index (κ2) is 4.45. The Balaban J connectivity index is 2.83. The van der Waals surface area contributed by atoms with E-state index in [9.17, 15) is 9.59 Å². The van der Waals surface area contributed by atoms with Gasteiger partial charge in [-0.1, -0.05) is 6.08 Å². The second-order valence-electron chi connectivity index (χ2n) is 4.79. The first-order valence-electron chi connectivity index (χ1n) is 5.06. The van der Waals surface area contributed by atoms with E-state index in [4.69, 9.17) is 16.3 Å². The molecular formula is C11H16ClNO3. The average Bonchev–Trinajstić information content (AvgIpc) is 2.59. The van der Waals surface area contributed by atoms with Gasteiger partial charge in [-0.25, -0.2) is 4.79 Å². The molecule has 0 N–H and O–H groups in total. The highest BCUT2D eigenvalue weighted by Crippen LogP contribution is 2.28. The number of halogens is 1. The number of hydrogen-bond acceptors (Lipinski definition) is 3. The molecule has 1 atom stereocenters. The summed E-state index contributed by atoms with van der Waals surface area (Å²) in [7, 11) is 0. The van der Waals surface area contributed by atoms with Crippen molar-refractivity contribution in [3.8, 4) is 0 Å². The Hall–Kier alpha value is -1.03. The zero-order valence-electron chi connectivity index (χ0n) is 9.70. The third-order valence-corrected chi connectivity index (χ3v) is 2.71. The van der Waals surface area contributed by atoms with Crippen LogP contribution < -0.4 is 0 Å². The fraction of sp³-hybridized carbons (Fsp3) is 0.636. The van der Waals surface area contributed by atoms with Crippen molar-refractivity contribution in [2.24, 2.45) is 0 Å². The predicted octanol–water partition coefficient (Wildman–Crippen LogP) is 2.32. The molecule has 0 aliphatic carbocycles. The highest BCUT2D eigenvalue weighted by Gasteiger charge is 2.42. The first kappa shape index (κ1) is 13.0. The van der Waals surface area contributed by atoms with E-state index in [1.807, 2.05) is 0 Å². The minimum absolute atomic E-state index is 0.0583. The van der Waals surface area contributed by atoms with Crippen LogP contribution in [0.15, 0.2) is 12.3 Å². The predicted molar refractivity (Wildman–Crippen MR) is 61.3 cm³/mol. The van der Waals surface area contributed by atoms with Gasteiger partial charge in [-0.2, -0.15) is 0 Å². The summed E-state index contributed by atoms with van der Waals surface area (Å²) in [6, 6.07) is 0. The van der Waals surface area contributed by atoms with Crippen LogP contribution in [0.2, 0.25) is 0 Å². The van der Waals surface area contributed by atoms with Crippen LogP contribution in [0.5, 0.6) is 0 Å².